The zero-order chi connectivity index (χ0) is 35.0. The molecule has 6 aromatic rings. The Morgan fingerprint density at radius 1 is 0.373 bits per heavy atom. The van der Waals surface area contributed by atoms with E-state index in [9.17, 15) is 0 Å². The Hall–Kier alpha value is -4.68. The van der Waals surface area contributed by atoms with Crippen LogP contribution in [0.1, 0.15) is 102 Å². The summed E-state index contributed by atoms with van der Waals surface area (Å²) in [5, 5.41) is 0. The molecular weight excluding hydrogens is 613 g/mol. The van der Waals surface area contributed by atoms with E-state index in [1.807, 2.05) is 0 Å². The highest BCUT2D eigenvalue weighted by Crippen LogP contribution is 2.56. The Morgan fingerprint density at radius 2 is 0.824 bits per heavy atom. The minimum absolute atomic E-state index is 0.0319. The Bertz CT molecular complexity index is 2020. The van der Waals surface area contributed by atoms with Crippen LogP contribution in [0.4, 0.5) is 0 Å². The summed E-state index contributed by atoms with van der Waals surface area (Å²) < 4.78 is 0. The second-order valence-electron chi connectivity index (χ2n) is 14.7. The number of benzene rings is 6. The van der Waals surface area contributed by atoms with Gasteiger partial charge in [0.2, 0.25) is 0 Å². The number of unbranched alkanes of at least 4 members (excludes halogenated alkanes) is 6. The van der Waals surface area contributed by atoms with E-state index in [1.165, 1.54) is 125 Å². The van der Waals surface area contributed by atoms with Crippen molar-refractivity contribution in [3.63, 3.8) is 0 Å². The molecule has 0 fully saturated rings. The van der Waals surface area contributed by atoms with E-state index < -0.39 is 0 Å². The van der Waals surface area contributed by atoms with E-state index in [4.69, 9.17) is 0 Å². The van der Waals surface area contributed by atoms with E-state index in [0.717, 1.165) is 6.42 Å². The molecule has 1 aliphatic rings. The predicted molar refractivity (Wildman–Crippen MR) is 221 cm³/mol. The molecule has 0 bridgehead atoms. The van der Waals surface area contributed by atoms with Crippen LogP contribution >= 0.6 is 0 Å². The van der Waals surface area contributed by atoms with Gasteiger partial charge in [-0.2, -0.15) is 0 Å². The SMILES string of the molecule is CCCCCCC1(CCCCCC)c2cc(CC)ccc2-c2ccc(-c3c(-c4ccccc4)ccc(-c4ccccc4)c3-c3ccccc3)cc21. The second-order valence-corrected chi connectivity index (χ2v) is 14.7. The summed E-state index contributed by atoms with van der Waals surface area (Å²) in [6.07, 6.45) is 13.8. The van der Waals surface area contributed by atoms with Crippen LogP contribution in [0.5, 0.6) is 0 Å². The third kappa shape index (κ3) is 6.99. The quantitative estimate of drug-likeness (QED) is 0.0957. The maximum absolute atomic E-state index is 2.64. The first-order valence-electron chi connectivity index (χ1n) is 19.8. The van der Waals surface area contributed by atoms with Gasteiger partial charge in [-0.3, -0.25) is 0 Å². The lowest BCUT2D eigenvalue weighted by atomic mass is 9.69. The monoisotopic (exact) mass is 666 g/mol. The maximum Gasteiger partial charge on any atom is 0.0215 e. The van der Waals surface area contributed by atoms with Gasteiger partial charge in [-0.1, -0.05) is 206 Å². The lowest BCUT2D eigenvalue weighted by molar-refractivity contribution is 0.401. The van der Waals surface area contributed by atoms with Crippen molar-refractivity contribution >= 4 is 0 Å². The molecule has 258 valence electrons. The maximum atomic E-state index is 2.64. The first-order chi connectivity index (χ1) is 25.2. The van der Waals surface area contributed by atoms with Gasteiger partial charge in [-0.25, -0.2) is 0 Å². The lowest BCUT2D eigenvalue weighted by Crippen LogP contribution is -2.26. The largest absolute Gasteiger partial charge is 0.0654 e. The molecule has 51 heavy (non-hydrogen) atoms. The molecule has 0 atom stereocenters. The Balaban J connectivity index is 1.51. The molecule has 0 N–H and O–H groups in total. The van der Waals surface area contributed by atoms with Crippen LogP contribution in [0.2, 0.25) is 0 Å². The van der Waals surface area contributed by atoms with Crippen LogP contribution in [-0.2, 0) is 11.8 Å². The zero-order valence-corrected chi connectivity index (χ0v) is 31.1. The highest BCUT2D eigenvalue weighted by molar-refractivity contribution is 6.02. The Kier molecular flexibility index (Phi) is 11.0. The van der Waals surface area contributed by atoms with Crippen LogP contribution in [0.15, 0.2) is 140 Å². The summed E-state index contributed by atoms with van der Waals surface area (Å²) >= 11 is 0. The molecule has 1 aliphatic carbocycles. The summed E-state index contributed by atoms with van der Waals surface area (Å²) in [6.45, 7) is 6.97. The van der Waals surface area contributed by atoms with Crippen molar-refractivity contribution in [2.45, 2.75) is 96.8 Å². The van der Waals surface area contributed by atoms with Gasteiger partial charge in [-0.15, -0.1) is 0 Å². The smallest absolute Gasteiger partial charge is 0.0215 e. The van der Waals surface area contributed by atoms with E-state index in [2.05, 4.69) is 160 Å². The Morgan fingerprint density at radius 3 is 1.33 bits per heavy atom. The topological polar surface area (TPSA) is 0 Å². The van der Waals surface area contributed by atoms with Gasteiger partial charge in [0.1, 0.15) is 0 Å². The minimum atomic E-state index is 0.0319. The molecule has 0 saturated carbocycles. The van der Waals surface area contributed by atoms with Crippen LogP contribution in [0, 0.1) is 0 Å². The van der Waals surface area contributed by atoms with Crippen molar-refractivity contribution in [2.24, 2.45) is 0 Å². The van der Waals surface area contributed by atoms with Gasteiger partial charge in [0, 0.05) is 5.41 Å². The van der Waals surface area contributed by atoms with Gasteiger partial charge >= 0.3 is 0 Å². The summed E-state index contributed by atoms with van der Waals surface area (Å²) in [5.41, 5.74) is 17.8. The van der Waals surface area contributed by atoms with Crippen molar-refractivity contribution in [3.05, 3.63) is 156 Å². The van der Waals surface area contributed by atoms with Crippen molar-refractivity contribution in [3.8, 4) is 55.6 Å². The molecule has 0 heteroatoms. The molecule has 0 aliphatic heterocycles. The third-order valence-electron chi connectivity index (χ3n) is 11.5. The first-order valence-corrected chi connectivity index (χ1v) is 19.8. The van der Waals surface area contributed by atoms with Gasteiger partial charge in [0.15, 0.2) is 0 Å². The third-order valence-corrected chi connectivity index (χ3v) is 11.5. The molecule has 0 saturated heterocycles. The van der Waals surface area contributed by atoms with Gasteiger partial charge in [-0.05, 0) is 97.7 Å². The van der Waals surface area contributed by atoms with Gasteiger partial charge < -0.3 is 0 Å². The summed E-state index contributed by atoms with van der Waals surface area (Å²) in [5.74, 6) is 0. The number of hydrogen-bond donors (Lipinski definition) is 0. The fourth-order valence-corrected chi connectivity index (χ4v) is 8.81. The highest BCUT2D eigenvalue weighted by Gasteiger charge is 2.42. The van der Waals surface area contributed by atoms with E-state index in [1.54, 1.807) is 11.1 Å². The summed E-state index contributed by atoms with van der Waals surface area (Å²) in [7, 11) is 0. The summed E-state index contributed by atoms with van der Waals surface area (Å²) in [6, 6.07) is 52.8. The molecule has 0 nitrogen and oxygen atoms in total. The van der Waals surface area contributed by atoms with Crippen LogP contribution in [-0.4, -0.2) is 0 Å². The van der Waals surface area contributed by atoms with Crippen LogP contribution in [0.25, 0.3) is 55.6 Å². The van der Waals surface area contributed by atoms with Crippen molar-refractivity contribution < 1.29 is 0 Å². The minimum Gasteiger partial charge on any atom is -0.0654 e. The molecule has 7 rings (SSSR count). The predicted octanol–water partition coefficient (Wildman–Crippen LogP) is 15.1. The molecule has 0 radical (unpaired) electrons. The Labute approximate surface area is 307 Å². The molecule has 0 amide bonds. The fourth-order valence-electron chi connectivity index (χ4n) is 8.81. The fraction of sp³-hybridized carbons (Fsp3) is 0.294. The number of fused-ring (bicyclic) bond motifs is 3. The van der Waals surface area contributed by atoms with Gasteiger partial charge in [0.25, 0.3) is 0 Å². The normalized spacial score (nSPS) is 12.8. The van der Waals surface area contributed by atoms with E-state index >= 15 is 0 Å². The van der Waals surface area contributed by atoms with E-state index in [-0.39, 0.29) is 5.41 Å². The van der Waals surface area contributed by atoms with Crippen LogP contribution < -0.4 is 0 Å². The zero-order valence-electron chi connectivity index (χ0n) is 31.1. The molecular formula is C51H54. The first kappa shape index (κ1) is 34.8. The standard InChI is InChI=1S/C51H54/c1-4-7-9-20-34-51(35-21-10-8-5-2)47-36-38(6-3)28-30-45(47)46-31-29-42(37-48(46)51)50-44(40-24-16-12-17-25-40)33-32-43(39-22-14-11-15-23-39)49(50)41-26-18-13-19-27-41/h11-19,22-33,36-37H,4-10,20-21,34-35H2,1-3H3. The molecule has 6 aromatic carbocycles. The molecule has 0 heterocycles. The van der Waals surface area contributed by atoms with Gasteiger partial charge in [0.05, 0.1) is 0 Å². The number of aryl methyl sites for hydroxylation is 1. The summed E-state index contributed by atoms with van der Waals surface area (Å²) in [4.78, 5) is 0. The average Bonchev–Trinajstić information content (AvgIpc) is 3.46. The van der Waals surface area contributed by atoms with Crippen molar-refractivity contribution in [2.75, 3.05) is 0 Å². The number of rotatable bonds is 15. The van der Waals surface area contributed by atoms with Crippen molar-refractivity contribution in [1.82, 2.24) is 0 Å². The molecule has 0 spiro atoms. The number of hydrogen-bond acceptors (Lipinski definition) is 0. The van der Waals surface area contributed by atoms with E-state index in [0.29, 0.717) is 0 Å². The lowest BCUT2D eigenvalue weighted by Gasteiger charge is -2.33. The highest BCUT2D eigenvalue weighted by atomic mass is 14.5. The second kappa shape index (κ2) is 16.1. The van der Waals surface area contributed by atoms with Crippen LogP contribution in [0.3, 0.4) is 0 Å². The molecule has 0 unspecified atom stereocenters. The average molecular weight is 667 g/mol. The molecule has 0 aromatic heterocycles. The van der Waals surface area contributed by atoms with Crippen molar-refractivity contribution in [1.29, 1.82) is 0 Å².